The van der Waals surface area contributed by atoms with Gasteiger partial charge in [0.05, 0.1) is 16.9 Å². The second kappa shape index (κ2) is 8.29. The maximum Gasteiger partial charge on any atom is 0.418 e. The molecular formula is C21H21F3N4. The molecule has 1 atom stereocenters. The summed E-state index contributed by atoms with van der Waals surface area (Å²) >= 11 is 0. The number of hydrogen-bond donors (Lipinski definition) is 2. The number of anilines is 3. The second-order valence-electron chi connectivity index (χ2n) is 6.45. The Bertz CT molecular complexity index is 926. The van der Waals surface area contributed by atoms with Gasteiger partial charge in [-0.1, -0.05) is 49.4 Å². The number of nitrogens with zero attached hydrogens (tertiary/aromatic N) is 2. The highest BCUT2D eigenvalue weighted by atomic mass is 19.4. The van der Waals surface area contributed by atoms with E-state index in [1.807, 2.05) is 44.2 Å². The van der Waals surface area contributed by atoms with Crippen LogP contribution in [0.5, 0.6) is 0 Å². The molecule has 0 saturated carbocycles. The average molecular weight is 386 g/mol. The van der Waals surface area contributed by atoms with Gasteiger partial charge in [0, 0.05) is 17.7 Å². The minimum atomic E-state index is -4.46. The van der Waals surface area contributed by atoms with E-state index in [2.05, 4.69) is 20.6 Å². The van der Waals surface area contributed by atoms with Crippen molar-refractivity contribution in [3.63, 3.8) is 0 Å². The van der Waals surface area contributed by atoms with Crippen LogP contribution in [-0.4, -0.2) is 16.0 Å². The van der Waals surface area contributed by atoms with E-state index in [4.69, 9.17) is 0 Å². The molecular weight excluding hydrogens is 365 g/mol. The topological polar surface area (TPSA) is 49.8 Å². The zero-order valence-corrected chi connectivity index (χ0v) is 15.6. The summed E-state index contributed by atoms with van der Waals surface area (Å²) in [6.07, 6.45) is -3.60. The lowest BCUT2D eigenvalue weighted by molar-refractivity contribution is -0.136. The fourth-order valence-electron chi connectivity index (χ4n) is 2.63. The zero-order chi connectivity index (χ0) is 20.1. The molecule has 0 radical (unpaired) electrons. The van der Waals surface area contributed by atoms with Crippen LogP contribution < -0.4 is 10.6 Å². The molecule has 3 rings (SSSR count). The van der Waals surface area contributed by atoms with E-state index in [1.165, 1.54) is 12.1 Å². The lowest BCUT2D eigenvalue weighted by Crippen LogP contribution is -2.16. The van der Waals surface area contributed by atoms with E-state index in [0.717, 1.165) is 18.1 Å². The minimum Gasteiger partial charge on any atom is -0.352 e. The number of hydrogen-bond acceptors (Lipinski definition) is 4. The number of aromatic nitrogens is 2. The predicted molar refractivity (Wildman–Crippen MR) is 106 cm³/mol. The third-order valence-electron chi connectivity index (χ3n) is 4.28. The van der Waals surface area contributed by atoms with Gasteiger partial charge in [-0.2, -0.15) is 18.2 Å². The molecule has 146 valence electrons. The molecule has 28 heavy (non-hydrogen) atoms. The van der Waals surface area contributed by atoms with Gasteiger partial charge in [-0.25, -0.2) is 4.98 Å². The quantitative estimate of drug-likeness (QED) is 0.536. The lowest BCUT2D eigenvalue weighted by Gasteiger charge is -2.17. The molecule has 2 N–H and O–H groups in total. The van der Waals surface area contributed by atoms with E-state index < -0.39 is 11.7 Å². The average Bonchev–Trinajstić information content (AvgIpc) is 2.68. The van der Waals surface area contributed by atoms with Gasteiger partial charge in [-0.15, -0.1) is 0 Å². The van der Waals surface area contributed by atoms with Gasteiger partial charge in [-0.3, -0.25) is 0 Å². The van der Waals surface area contributed by atoms with Crippen molar-refractivity contribution < 1.29 is 13.2 Å². The van der Waals surface area contributed by atoms with Crippen molar-refractivity contribution in [2.45, 2.75) is 32.5 Å². The van der Waals surface area contributed by atoms with E-state index in [-0.39, 0.29) is 17.5 Å². The normalized spacial score (nSPS) is 12.5. The van der Waals surface area contributed by atoms with E-state index in [9.17, 15) is 13.2 Å². The van der Waals surface area contributed by atoms with Crippen LogP contribution in [0, 0.1) is 0 Å². The molecule has 0 saturated heterocycles. The molecule has 0 aliphatic carbocycles. The summed E-state index contributed by atoms with van der Waals surface area (Å²) in [5.41, 5.74) is 0.672. The van der Waals surface area contributed by atoms with Crippen LogP contribution in [0.3, 0.4) is 0 Å². The minimum absolute atomic E-state index is 0.0535. The summed E-state index contributed by atoms with van der Waals surface area (Å²) in [5.74, 6) is 0.652. The molecule has 0 unspecified atom stereocenters. The van der Waals surface area contributed by atoms with Crippen LogP contribution >= 0.6 is 0 Å². The van der Waals surface area contributed by atoms with Gasteiger partial charge in [0.1, 0.15) is 5.82 Å². The Morgan fingerprint density at radius 3 is 2.32 bits per heavy atom. The van der Waals surface area contributed by atoms with Crippen LogP contribution in [0.15, 0.2) is 60.7 Å². The maximum atomic E-state index is 13.3. The first kappa shape index (κ1) is 19.7. The summed E-state index contributed by atoms with van der Waals surface area (Å²) in [7, 11) is 0. The van der Waals surface area contributed by atoms with E-state index >= 15 is 0 Å². The standard InChI is InChI=1S/C21H21F3N4/c1-3-14(2)25-20-27-18(15-9-5-4-6-10-15)13-19(28-20)26-17-12-8-7-11-16(17)21(22,23)24/h4-14H,3H2,1-2H3,(H2,25,26,27,28)/t14-/m0/s1. The number of para-hydroxylation sites is 1. The maximum absolute atomic E-state index is 13.3. The van der Waals surface area contributed by atoms with Crippen molar-refractivity contribution in [1.82, 2.24) is 9.97 Å². The molecule has 3 aromatic rings. The number of nitrogens with one attached hydrogen (secondary N) is 2. The smallest absolute Gasteiger partial charge is 0.352 e. The van der Waals surface area contributed by atoms with Crippen molar-refractivity contribution in [3.8, 4) is 11.3 Å². The van der Waals surface area contributed by atoms with Crippen molar-refractivity contribution >= 4 is 17.5 Å². The molecule has 0 aliphatic heterocycles. The van der Waals surface area contributed by atoms with Crippen LogP contribution in [0.1, 0.15) is 25.8 Å². The van der Waals surface area contributed by atoms with Crippen LogP contribution in [0.4, 0.5) is 30.6 Å². The van der Waals surface area contributed by atoms with Crippen LogP contribution in [0.2, 0.25) is 0 Å². The predicted octanol–water partition coefficient (Wildman–Crippen LogP) is 6.12. The molecule has 7 heteroatoms. The van der Waals surface area contributed by atoms with E-state index in [0.29, 0.717) is 11.6 Å². The van der Waals surface area contributed by atoms with Gasteiger partial charge in [0.25, 0.3) is 0 Å². The van der Waals surface area contributed by atoms with Crippen molar-refractivity contribution in [3.05, 3.63) is 66.2 Å². The fourth-order valence-corrected chi connectivity index (χ4v) is 2.63. The molecule has 1 heterocycles. The Labute approximate surface area is 161 Å². The summed E-state index contributed by atoms with van der Waals surface area (Å²) in [6, 6.07) is 16.5. The third-order valence-corrected chi connectivity index (χ3v) is 4.28. The van der Waals surface area contributed by atoms with Crippen molar-refractivity contribution in [2.75, 3.05) is 10.6 Å². The SMILES string of the molecule is CC[C@H](C)Nc1nc(Nc2ccccc2C(F)(F)F)cc(-c2ccccc2)n1. The molecule has 0 bridgehead atoms. The molecule has 0 fully saturated rings. The van der Waals surface area contributed by atoms with Gasteiger partial charge in [-0.05, 0) is 25.5 Å². The number of alkyl halides is 3. The molecule has 0 aliphatic rings. The largest absolute Gasteiger partial charge is 0.418 e. The van der Waals surface area contributed by atoms with Gasteiger partial charge in [0.2, 0.25) is 5.95 Å². The first-order chi connectivity index (χ1) is 13.4. The third kappa shape index (κ3) is 4.79. The monoisotopic (exact) mass is 386 g/mol. The van der Waals surface area contributed by atoms with Gasteiger partial charge < -0.3 is 10.6 Å². The Balaban J connectivity index is 2.02. The summed E-state index contributed by atoms with van der Waals surface area (Å²) in [4.78, 5) is 8.88. The molecule has 0 spiro atoms. The Morgan fingerprint density at radius 1 is 0.964 bits per heavy atom. The van der Waals surface area contributed by atoms with Crippen molar-refractivity contribution in [1.29, 1.82) is 0 Å². The zero-order valence-electron chi connectivity index (χ0n) is 15.6. The number of rotatable bonds is 6. The highest BCUT2D eigenvalue weighted by Gasteiger charge is 2.33. The van der Waals surface area contributed by atoms with Crippen LogP contribution in [-0.2, 0) is 6.18 Å². The summed E-state index contributed by atoms with van der Waals surface area (Å²) < 4.78 is 39.9. The van der Waals surface area contributed by atoms with Crippen molar-refractivity contribution in [2.24, 2.45) is 0 Å². The first-order valence-electron chi connectivity index (χ1n) is 9.01. The van der Waals surface area contributed by atoms with Gasteiger partial charge >= 0.3 is 6.18 Å². The highest BCUT2D eigenvalue weighted by molar-refractivity contribution is 5.68. The molecule has 4 nitrogen and oxygen atoms in total. The Morgan fingerprint density at radius 2 is 1.64 bits per heavy atom. The number of benzene rings is 2. The molecule has 0 amide bonds. The lowest BCUT2D eigenvalue weighted by atomic mass is 10.1. The fraction of sp³-hybridized carbons (Fsp3) is 0.238. The molecule has 1 aromatic heterocycles. The highest BCUT2D eigenvalue weighted by Crippen LogP contribution is 2.36. The summed E-state index contributed by atoms with van der Waals surface area (Å²) in [5, 5.41) is 6.00. The number of halogens is 3. The summed E-state index contributed by atoms with van der Waals surface area (Å²) in [6.45, 7) is 4.02. The molecule has 2 aromatic carbocycles. The Kier molecular flexibility index (Phi) is 5.82. The second-order valence-corrected chi connectivity index (χ2v) is 6.45. The van der Waals surface area contributed by atoms with Crippen LogP contribution in [0.25, 0.3) is 11.3 Å². The first-order valence-corrected chi connectivity index (χ1v) is 9.01. The van der Waals surface area contributed by atoms with E-state index in [1.54, 1.807) is 12.1 Å². The Hall–Kier alpha value is -3.09. The van der Waals surface area contributed by atoms with Gasteiger partial charge in [0.15, 0.2) is 0 Å².